The molecule has 146 valence electrons. The van der Waals surface area contributed by atoms with E-state index in [0.29, 0.717) is 17.0 Å². The van der Waals surface area contributed by atoms with Gasteiger partial charge >= 0.3 is 0 Å². The van der Waals surface area contributed by atoms with Gasteiger partial charge in [0.15, 0.2) is 0 Å². The molecule has 0 radical (unpaired) electrons. The fraction of sp³-hybridized carbons (Fsp3) is 0.261. The molecule has 5 heteroatoms. The molecule has 1 aliphatic rings. The maximum absolute atomic E-state index is 13.4. The first-order valence-corrected chi connectivity index (χ1v) is 9.69. The van der Waals surface area contributed by atoms with Gasteiger partial charge < -0.3 is 10.2 Å². The number of hydrogen-bond acceptors (Lipinski definition) is 2. The number of carbonyl (C=O) groups is 1. The first kappa shape index (κ1) is 20.2. The number of hydrogen-bond donors (Lipinski definition) is 1. The summed E-state index contributed by atoms with van der Waals surface area (Å²) in [6.45, 7) is 9.20. The molecule has 1 N–H and O–H groups in total. The summed E-state index contributed by atoms with van der Waals surface area (Å²) in [5.74, 6) is -0.811. The second-order valence-electron chi connectivity index (χ2n) is 7.02. The molecule has 0 aromatic heterocycles. The Balaban J connectivity index is 1.68. The highest BCUT2D eigenvalue weighted by molar-refractivity contribution is 6.30. The molecule has 1 aliphatic heterocycles. The van der Waals surface area contributed by atoms with Crippen molar-refractivity contribution >= 4 is 29.3 Å². The van der Waals surface area contributed by atoms with Gasteiger partial charge in [0.1, 0.15) is 5.82 Å². The van der Waals surface area contributed by atoms with Crippen molar-refractivity contribution < 1.29 is 9.18 Å². The predicted octanol–water partition coefficient (Wildman–Crippen LogP) is 5.48. The number of halogens is 2. The van der Waals surface area contributed by atoms with Gasteiger partial charge in [0, 0.05) is 29.5 Å². The third kappa shape index (κ3) is 4.45. The fourth-order valence-electron chi connectivity index (χ4n) is 3.51. The number of nitrogens with one attached hydrogen (secondary N) is 1. The SMILES string of the molecule is C=C1C(C(=O)NCc2cc(F)cc(Cl)c2)CCN1c1ccc(C)c(/C=C\C)c1. The van der Waals surface area contributed by atoms with Gasteiger partial charge in [-0.25, -0.2) is 4.39 Å². The molecule has 0 spiro atoms. The molecule has 2 aromatic carbocycles. The average Bonchev–Trinajstić information content (AvgIpc) is 3.02. The molecular formula is C23H24ClFN2O. The van der Waals surface area contributed by atoms with Gasteiger partial charge in [-0.15, -0.1) is 0 Å². The first-order chi connectivity index (χ1) is 13.4. The van der Waals surface area contributed by atoms with Crippen LogP contribution in [0.2, 0.25) is 5.02 Å². The standard InChI is InChI=1S/C23H24ClFN2O/c1-4-5-18-12-21(7-6-15(18)2)27-9-8-22(16(27)3)23(28)26-14-17-10-19(24)13-20(25)11-17/h4-7,10-13,22H,3,8-9,14H2,1-2H3,(H,26,28)/b5-4-. The second kappa shape index (κ2) is 8.61. The molecule has 1 unspecified atom stereocenters. The minimum atomic E-state index is -0.412. The molecule has 1 heterocycles. The highest BCUT2D eigenvalue weighted by Gasteiger charge is 2.32. The minimum absolute atomic E-state index is 0.103. The first-order valence-electron chi connectivity index (χ1n) is 9.31. The normalized spacial score (nSPS) is 16.8. The van der Waals surface area contributed by atoms with Gasteiger partial charge in [0.2, 0.25) is 5.91 Å². The number of anilines is 1. The van der Waals surface area contributed by atoms with E-state index in [-0.39, 0.29) is 18.4 Å². The lowest BCUT2D eigenvalue weighted by atomic mass is 10.0. The number of amides is 1. The Morgan fingerprint density at radius 2 is 2.14 bits per heavy atom. The van der Waals surface area contributed by atoms with Crippen LogP contribution >= 0.6 is 11.6 Å². The van der Waals surface area contributed by atoms with E-state index < -0.39 is 5.82 Å². The van der Waals surface area contributed by atoms with Gasteiger partial charge in [-0.1, -0.05) is 36.4 Å². The van der Waals surface area contributed by atoms with Crippen LogP contribution in [-0.4, -0.2) is 12.5 Å². The Bertz CT molecular complexity index is 918. The van der Waals surface area contributed by atoms with Crippen LogP contribution in [0.3, 0.4) is 0 Å². The lowest BCUT2D eigenvalue weighted by molar-refractivity contribution is -0.123. The molecule has 1 atom stereocenters. The van der Waals surface area contributed by atoms with Crippen molar-refractivity contribution in [3.63, 3.8) is 0 Å². The third-order valence-electron chi connectivity index (χ3n) is 5.02. The topological polar surface area (TPSA) is 32.3 Å². The van der Waals surface area contributed by atoms with Crippen LogP contribution < -0.4 is 10.2 Å². The van der Waals surface area contributed by atoms with E-state index in [1.165, 1.54) is 17.7 Å². The van der Waals surface area contributed by atoms with Crippen LogP contribution in [0.15, 0.2) is 54.8 Å². The zero-order valence-electron chi connectivity index (χ0n) is 16.1. The number of allylic oxidation sites excluding steroid dienone is 1. The van der Waals surface area contributed by atoms with E-state index in [2.05, 4.69) is 48.0 Å². The van der Waals surface area contributed by atoms with E-state index in [1.54, 1.807) is 6.07 Å². The Labute approximate surface area is 170 Å². The molecule has 28 heavy (non-hydrogen) atoms. The van der Waals surface area contributed by atoms with Crippen molar-refractivity contribution in [1.82, 2.24) is 5.32 Å². The van der Waals surface area contributed by atoms with Crippen LogP contribution in [0.1, 0.15) is 30.0 Å². The number of rotatable bonds is 5. The lowest BCUT2D eigenvalue weighted by Crippen LogP contribution is -2.31. The van der Waals surface area contributed by atoms with Crippen molar-refractivity contribution in [2.45, 2.75) is 26.8 Å². The quantitative estimate of drug-likeness (QED) is 0.723. The summed E-state index contributed by atoms with van der Waals surface area (Å²) in [6, 6.07) is 10.5. The molecular weight excluding hydrogens is 375 g/mol. The summed E-state index contributed by atoms with van der Waals surface area (Å²) in [7, 11) is 0. The summed E-state index contributed by atoms with van der Waals surface area (Å²) >= 11 is 5.87. The van der Waals surface area contributed by atoms with Gasteiger partial charge in [0.25, 0.3) is 0 Å². The smallest absolute Gasteiger partial charge is 0.229 e. The van der Waals surface area contributed by atoms with Crippen LogP contribution in [0.25, 0.3) is 6.08 Å². The average molecular weight is 399 g/mol. The molecule has 0 saturated carbocycles. The van der Waals surface area contributed by atoms with E-state index in [1.807, 2.05) is 13.0 Å². The molecule has 2 aromatic rings. The Morgan fingerprint density at radius 1 is 1.36 bits per heavy atom. The van der Waals surface area contributed by atoms with Crippen molar-refractivity contribution in [1.29, 1.82) is 0 Å². The van der Waals surface area contributed by atoms with Crippen LogP contribution in [0.4, 0.5) is 10.1 Å². The zero-order chi connectivity index (χ0) is 20.3. The maximum atomic E-state index is 13.4. The second-order valence-corrected chi connectivity index (χ2v) is 7.46. The highest BCUT2D eigenvalue weighted by atomic mass is 35.5. The summed E-state index contributed by atoms with van der Waals surface area (Å²) in [5.41, 5.74) is 4.81. The number of carbonyl (C=O) groups excluding carboxylic acids is 1. The van der Waals surface area contributed by atoms with Crippen LogP contribution in [-0.2, 0) is 11.3 Å². The van der Waals surface area contributed by atoms with Crippen molar-refractivity contribution in [3.8, 4) is 0 Å². The van der Waals surface area contributed by atoms with Crippen molar-refractivity contribution in [2.24, 2.45) is 5.92 Å². The Kier molecular flexibility index (Phi) is 6.20. The molecule has 1 fully saturated rings. The van der Waals surface area contributed by atoms with Crippen LogP contribution in [0, 0.1) is 18.7 Å². The van der Waals surface area contributed by atoms with E-state index in [0.717, 1.165) is 23.5 Å². The van der Waals surface area contributed by atoms with Crippen LogP contribution in [0.5, 0.6) is 0 Å². The maximum Gasteiger partial charge on any atom is 0.229 e. The zero-order valence-corrected chi connectivity index (χ0v) is 16.9. The Hall–Kier alpha value is -2.59. The summed E-state index contributed by atoms with van der Waals surface area (Å²) in [6.07, 6.45) is 4.78. The largest absolute Gasteiger partial charge is 0.351 e. The van der Waals surface area contributed by atoms with E-state index in [4.69, 9.17) is 11.6 Å². The number of benzene rings is 2. The molecule has 3 nitrogen and oxygen atoms in total. The monoisotopic (exact) mass is 398 g/mol. The molecule has 0 aliphatic carbocycles. The number of aryl methyl sites for hydroxylation is 1. The molecule has 1 amide bonds. The molecule has 3 rings (SSSR count). The summed E-state index contributed by atoms with van der Waals surface area (Å²) in [5, 5.41) is 3.19. The minimum Gasteiger partial charge on any atom is -0.351 e. The van der Waals surface area contributed by atoms with Crippen molar-refractivity contribution in [2.75, 3.05) is 11.4 Å². The molecule has 1 saturated heterocycles. The summed E-state index contributed by atoms with van der Waals surface area (Å²) in [4.78, 5) is 14.8. The van der Waals surface area contributed by atoms with E-state index >= 15 is 0 Å². The number of nitrogens with zero attached hydrogens (tertiary/aromatic N) is 1. The van der Waals surface area contributed by atoms with Gasteiger partial charge in [-0.2, -0.15) is 0 Å². The van der Waals surface area contributed by atoms with E-state index in [9.17, 15) is 9.18 Å². The highest BCUT2D eigenvalue weighted by Crippen LogP contribution is 2.33. The Morgan fingerprint density at radius 3 is 2.86 bits per heavy atom. The van der Waals surface area contributed by atoms with Gasteiger partial charge in [-0.05, 0) is 67.3 Å². The van der Waals surface area contributed by atoms with Crippen molar-refractivity contribution in [3.05, 3.63) is 82.3 Å². The third-order valence-corrected chi connectivity index (χ3v) is 5.23. The lowest BCUT2D eigenvalue weighted by Gasteiger charge is -2.22. The van der Waals surface area contributed by atoms with Gasteiger partial charge in [-0.3, -0.25) is 4.79 Å². The fourth-order valence-corrected chi connectivity index (χ4v) is 3.76. The van der Waals surface area contributed by atoms with Gasteiger partial charge in [0.05, 0.1) is 5.92 Å². The predicted molar refractivity (Wildman–Crippen MR) is 114 cm³/mol. The summed E-state index contributed by atoms with van der Waals surface area (Å²) < 4.78 is 13.4. The molecule has 0 bridgehead atoms.